The largest absolute Gasteiger partial charge is 0.120 e. The summed E-state index contributed by atoms with van der Waals surface area (Å²) in [4.78, 5) is 0. The van der Waals surface area contributed by atoms with E-state index in [1.54, 1.807) is 0 Å². The van der Waals surface area contributed by atoms with Crippen molar-refractivity contribution < 1.29 is 0 Å². The molecule has 0 saturated carbocycles. The number of hydrogen-bond acceptors (Lipinski definition) is 0. The molecule has 0 unspecified atom stereocenters. The normalized spacial score (nSPS) is 15.1. The van der Waals surface area contributed by atoms with Crippen LogP contribution in [0.15, 0.2) is 36.0 Å². The molecule has 0 aromatic rings. The molecule has 1 rings (SSSR count). The molecule has 1 aliphatic carbocycles. The maximum absolute atomic E-state index is 5.18. The Hall–Kier alpha value is -1.22. The van der Waals surface area contributed by atoms with Gasteiger partial charge in [-0.1, -0.05) is 36.0 Å². The first-order chi connectivity index (χ1) is 5.93. The van der Waals surface area contributed by atoms with Crippen molar-refractivity contribution in [2.75, 3.05) is 0 Å². The second kappa shape index (κ2) is 5.43. The number of rotatable bonds is 3. The van der Waals surface area contributed by atoms with Crippen molar-refractivity contribution in [3.8, 4) is 12.3 Å². The highest BCUT2D eigenvalue weighted by atomic mass is 14.0. The smallest absolute Gasteiger partial charge is 0.00891 e. The molecule has 0 heterocycles. The molecule has 0 aromatic heterocycles. The van der Waals surface area contributed by atoms with Gasteiger partial charge in [-0.2, -0.15) is 0 Å². The third-order valence-electron chi connectivity index (χ3n) is 1.89. The molecule has 0 fully saturated rings. The zero-order valence-corrected chi connectivity index (χ0v) is 7.29. The molecule has 0 saturated heterocycles. The molecule has 0 N–H and O–H groups in total. The van der Waals surface area contributed by atoms with Gasteiger partial charge in [0, 0.05) is 6.42 Å². The summed E-state index contributed by atoms with van der Waals surface area (Å²) in [5.41, 5.74) is 1.48. The van der Waals surface area contributed by atoms with Crippen LogP contribution in [0.4, 0.5) is 0 Å². The maximum Gasteiger partial charge on any atom is 0.00891 e. The van der Waals surface area contributed by atoms with Gasteiger partial charge >= 0.3 is 0 Å². The average molecular weight is 158 g/mol. The van der Waals surface area contributed by atoms with Crippen LogP contribution in [0.2, 0.25) is 0 Å². The van der Waals surface area contributed by atoms with Gasteiger partial charge in [-0.15, -0.1) is 12.3 Å². The predicted molar refractivity (Wildman–Crippen MR) is 53.7 cm³/mol. The fourth-order valence-corrected chi connectivity index (χ4v) is 1.22. The van der Waals surface area contributed by atoms with E-state index in [2.05, 4.69) is 36.3 Å². The minimum Gasteiger partial charge on any atom is -0.120 e. The Morgan fingerprint density at radius 1 is 1.33 bits per heavy atom. The lowest BCUT2D eigenvalue weighted by Crippen LogP contribution is -1.81. The molecule has 0 aliphatic heterocycles. The van der Waals surface area contributed by atoms with E-state index in [1.807, 2.05) is 0 Å². The van der Waals surface area contributed by atoms with Crippen LogP contribution < -0.4 is 0 Å². The number of allylic oxidation sites excluding steroid dienone is 6. The Labute approximate surface area is 74.7 Å². The molecule has 0 bridgehead atoms. The Balaban J connectivity index is 2.32. The van der Waals surface area contributed by atoms with Crippen LogP contribution in [0.25, 0.3) is 0 Å². The highest BCUT2D eigenvalue weighted by molar-refractivity contribution is 5.23. The molecule has 0 atom stereocenters. The molecular formula is C12H14. The van der Waals surface area contributed by atoms with Gasteiger partial charge in [-0.3, -0.25) is 0 Å². The summed E-state index contributed by atoms with van der Waals surface area (Å²) in [6.07, 6.45) is 20.0. The van der Waals surface area contributed by atoms with E-state index in [0.29, 0.717) is 0 Å². The first-order valence-corrected chi connectivity index (χ1v) is 4.38. The highest BCUT2D eigenvalue weighted by Crippen LogP contribution is 2.14. The number of hydrogen-bond donors (Lipinski definition) is 0. The minimum absolute atomic E-state index is 0.894. The Morgan fingerprint density at radius 3 is 3.08 bits per heavy atom. The Bertz CT molecular complexity index is 246. The van der Waals surface area contributed by atoms with Crippen LogP contribution in [-0.2, 0) is 0 Å². The van der Waals surface area contributed by atoms with Crippen LogP contribution in [0.3, 0.4) is 0 Å². The molecule has 0 amide bonds. The fourth-order valence-electron chi connectivity index (χ4n) is 1.22. The van der Waals surface area contributed by atoms with E-state index < -0.39 is 0 Å². The van der Waals surface area contributed by atoms with Crippen LogP contribution >= 0.6 is 0 Å². The summed E-state index contributed by atoms with van der Waals surface area (Å²) in [5.74, 6) is 2.66. The number of unbranched alkanes of at least 4 members (excludes halogenated alkanes) is 1. The van der Waals surface area contributed by atoms with Crippen LogP contribution in [-0.4, -0.2) is 0 Å². The lowest BCUT2D eigenvalue weighted by molar-refractivity contribution is 0.829. The topological polar surface area (TPSA) is 0 Å². The Kier molecular flexibility index (Phi) is 4.02. The van der Waals surface area contributed by atoms with Gasteiger partial charge in [0.15, 0.2) is 0 Å². The quantitative estimate of drug-likeness (QED) is 0.437. The van der Waals surface area contributed by atoms with Crippen molar-refractivity contribution >= 4 is 0 Å². The van der Waals surface area contributed by atoms with Gasteiger partial charge in [0.2, 0.25) is 0 Å². The molecule has 0 spiro atoms. The van der Waals surface area contributed by atoms with Gasteiger partial charge < -0.3 is 0 Å². The van der Waals surface area contributed by atoms with E-state index in [0.717, 1.165) is 25.7 Å². The van der Waals surface area contributed by atoms with Crippen LogP contribution in [0.5, 0.6) is 0 Å². The van der Waals surface area contributed by atoms with Gasteiger partial charge in [0.25, 0.3) is 0 Å². The van der Waals surface area contributed by atoms with Crippen LogP contribution in [0.1, 0.15) is 25.7 Å². The van der Waals surface area contributed by atoms with E-state index in [-0.39, 0.29) is 0 Å². The summed E-state index contributed by atoms with van der Waals surface area (Å²) in [6.45, 7) is 0. The van der Waals surface area contributed by atoms with Crippen molar-refractivity contribution in [1.82, 2.24) is 0 Å². The minimum atomic E-state index is 0.894. The van der Waals surface area contributed by atoms with E-state index in [1.165, 1.54) is 5.57 Å². The molecule has 0 aromatic carbocycles. The maximum atomic E-state index is 5.18. The summed E-state index contributed by atoms with van der Waals surface area (Å²) in [6, 6.07) is 0. The second-order valence-electron chi connectivity index (χ2n) is 2.90. The van der Waals surface area contributed by atoms with Gasteiger partial charge in [-0.05, 0) is 19.3 Å². The lowest BCUT2D eigenvalue weighted by atomic mass is 10.1. The summed E-state index contributed by atoms with van der Waals surface area (Å²) in [7, 11) is 0. The molecular weight excluding hydrogens is 144 g/mol. The van der Waals surface area contributed by atoms with Crippen molar-refractivity contribution in [3.63, 3.8) is 0 Å². The van der Waals surface area contributed by atoms with Gasteiger partial charge in [0.05, 0.1) is 0 Å². The third kappa shape index (κ3) is 3.25. The van der Waals surface area contributed by atoms with E-state index in [4.69, 9.17) is 6.42 Å². The van der Waals surface area contributed by atoms with Crippen molar-refractivity contribution in [3.05, 3.63) is 36.0 Å². The third-order valence-corrected chi connectivity index (χ3v) is 1.89. The van der Waals surface area contributed by atoms with Crippen molar-refractivity contribution in [1.29, 1.82) is 0 Å². The zero-order valence-electron chi connectivity index (χ0n) is 7.29. The summed E-state index contributed by atoms with van der Waals surface area (Å²) in [5, 5.41) is 0. The molecule has 12 heavy (non-hydrogen) atoms. The zero-order chi connectivity index (χ0) is 8.65. The Morgan fingerprint density at radius 2 is 2.25 bits per heavy atom. The highest BCUT2D eigenvalue weighted by Gasteiger charge is 1.94. The second-order valence-corrected chi connectivity index (χ2v) is 2.90. The van der Waals surface area contributed by atoms with E-state index >= 15 is 0 Å². The predicted octanol–water partition coefficient (Wildman–Crippen LogP) is 3.23. The standard InChI is InChI=1S/C12H14/c1-2-3-6-9-12-10-7-4-5-8-11-12/h1,4-5,7-8,10H,3,6,9,11H2. The summed E-state index contributed by atoms with van der Waals surface area (Å²) >= 11 is 0. The lowest BCUT2D eigenvalue weighted by Gasteiger charge is -2.00. The van der Waals surface area contributed by atoms with E-state index in [9.17, 15) is 0 Å². The fraction of sp³-hybridized carbons (Fsp3) is 0.333. The average Bonchev–Trinajstić information content (AvgIpc) is 2.33. The van der Waals surface area contributed by atoms with Crippen molar-refractivity contribution in [2.24, 2.45) is 0 Å². The first-order valence-electron chi connectivity index (χ1n) is 4.38. The van der Waals surface area contributed by atoms with Crippen molar-refractivity contribution in [2.45, 2.75) is 25.7 Å². The van der Waals surface area contributed by atoms with Crippen LogP contribution in [0, 0.1) is 12.3 Å². The first kappa shape index (κ1) is 8.87. The SMILES string of the molecule is C#CCCCC1=CC=CC=CC1. The molecule has 1 aliphatic rings. The monoisotopic (exact) mass is 158 g/mol. The molecule has 0 radical (unpaired) electrons. The number of terminal acetylenes is 1. The van der Waals surface area contributed by atoms with Gasteiger partial charge in [0.1, 0.15) is 0 Å². The van der Waals surface area contributed by atoms with Gasteiger partial charge in [-0.25, -0.2) is 0 Å². The molecule has 0 nitrogen and oxygen atoms in total. The summed E-state index contributed by atoms with van der Waals surface area (Å²) < 4.78 is 0. The molecule has 62 valence electrons. The molecule has 0 heteroatoms.